The minimum absolute atomic E-state index is 0.250. The Balaban J connectivity index is 4.10. The van der Waals surface area contributed by atoms with Gasteiger partial charge in [-0.25, -0.2) is 4.79 Å². The molecule has 0 radical (unpaired) electrons. The van der Waals surface area contributed by atoms with Crippen molar-refractivity contribution >= 4 is 6.09 Å². The average molecular weight is 211 g/mol. The van der Waals surface area contributed by atoms with Crippen molar-refractivity contribution in [3.8, 4) is 12.3 Å². The third-order valence-electron chi connectivity index (χ3n) is 1.60. The Kier molecular flexibility index (Phi) is 5.21. The summed E-state index contributed by atoms with van der Waals surface area (Å²) in [5.41, 5.74) is -0.485. The molecule has 0 rings (SSSR count). The van der Waals surface area contributed by atoms with E-state index in [1.807, 2.05) is 20.8 Å². The summed E-state index contributed by atoms with van der Waals surface area (Å²) in [5, 5.41) is 2.66. The first kappa shape index (κ1) is 13.8. The van der Waals surface area contributed by atoms with Crippen molar-refractivity contribution in [2.45, 2.75) is 52.7 Å². The second-order valence-electron chi connectivity index (χ2n) is 5.00. The van der Waals surface area contributed by atoms with Gasteiger partial charge >= 0.3 is 6.09 Å². The molecule has 0 spiro atoms. The van der Waals surface area contributed by atoms with Crippen molar-refractivity contribution in [3.05, 3.63) is 0 Å². The molecular weight excluding hydrogens is 190 g/mol. The number of alkyl carbamates (subject to hydrolysis) is 1. The number of nitrogens with one attached hydrogen (secondary N) is 1. The van der Waals surface area contributed by atoms with E-state index in [4.69, 9.17) is 11.2 Å². The normalized spacial score (nSPS) is 13.1. The maximum Gasteiger partial charge on any atom is 0.408 e. The van der Waals surface area contributed by atoms with Crippen molar-refractivity contribution in [1.29, 1.82) is 0 Å². The van der Waals surface area contributed by atoms with Gasteiger partial charge in [-0.15, -0.1) is 6.42 Å². The smallest absolute Gasteiger partial charge is 0.408 e. The molecule has 1 N–H and O–H groups in total. The summed E-state index contributed by atoms with van der Waals surface area (Å²) < 4.78 is 5.11. The van der Waals surface area contributed by atoms with Crippen LogP contribution < -0.4 is 5.32 Å². The van der Waals surface area contributed by atoms with E-state index in [-0.39, 0.29) is 6.04 Å². The van der Waals surface area contributed by atoms with Gasteiger partial charge in [0.15, 0.2) is 0 Å². The highest BCUT2D eigenvalue weighted by Crippen LogP contribution is 2.08. The van der Waals surface area contributed by atoms with Crippen LogP contribution in [0.25, 0.3) is 0 Å². The van der Waals surface area contributed by atoms with Crippen molar-refractivity contribution in [1.82, 2.24) is 5.32 Å². The quantitative estimate of drug-likeness (QED) is 0.729. The standard InChI is InChI=1S/C12H21NO2/c1-7-10(8-9(2)3)13-11(14)15-12(4,5)6/h1,9-10H,8H2,2-6H3,(H,13,14). The number of ether oxygens (including phenoxy) is 1. The highest BCUT2D eigenvalue weighted by molar-refractivity contribution is 5.68. The monoisotopic (exact) mass is 211 g/mol. The fourth-order valence-corrected chi connectivity index (χ4v) is 1.09. The highest BCUT2D eigenvalue weighted by atomic mass is 16.6. The Hall–Kier alpha value is -1.17. The molecule has 3 nitrogen and oxygen atoms in total. The van der Waals surface area contributed by atoms with Crippen LogP contribution in [0.15, 0.2) is 0 Å². The van der Waals surface area contributed by atoms with E-state index < -0.39 is 11.7 Å². The lowest BCUT2D eigenvalue weighted by Crippen LogP contribution is -2.39. The zero-order chi connectivity index (χ0) is 12.1. The molecule has 0 bridgehead atoms. The van der Waals surface area contributed by atoms with Gasteiger partial charge in [-0.2, -0.15) is 0 Å². The van der Waals surface area contributed by atoms with E-state index in [9.17, 15) is 4.79 Å². The number of hydrogen-bond donors (Lipinski definition) is 1. The van der Waals surface area contributed by atoms with Gasteiger partial charge in [-0.05, 0) is 33.1 Å². The second kappa shape index (κ2) is 5.65. The lowest BCUT2D eigenvalue weighted by Gasteiger charge is -2.22. The first-order valence-corrected chi connectivity index (χ1v) is 5.20. The predicted molar refractivity (Wildman–Crippen MR) is 61.4 cm³/mol. The first-order chi connectivity index (χ1) is 6.74. The molecule has 1 atom stereocenters. The van der Waals surface area contributed by atoms with Gasteiger partial charge in [0.05, 0.1) is 6.04 Å². The number of hydrogen-bond acceptors (Lipinski definition) is 2. The van der Waals surface area contributed by atoms with Crippen LogP contribution in [0.1, 0.15) is 41.0 Å². The van der Waals surface area contributed by atoms with Crippen molar-refractivity contribution in [2.75, 3.05) is 0 Å². The van der Waals surface area contributed by atoms with Crippen molar-refractivity contribution in [2.24, 2.45) is 5.92 Å². The van der Waals surface area contributed by atoms with E-state index in [0.717, 1.165) is 6.42 Å². The molecule has 0 fully saturated rings. The first-order valence-electron chi connectivity index (χ1n) is 5.20. The number of amides is 1. The van der Waals surface area contributed by atoms with Crippen molar-refractivity contribution < 1.29 is 9.53 Å². The molecule has 0 heterocycles. The van der Waals surface area contributed by atoms with E-state index in [1.54, 1.807) is 0 Å². The fraction of sp³-hybridized carbons (Fsp3) is 0.750. The van der Waals surface area contributed by atoms with Gasteiger partial charge < -0.3 is 10.1 Å². The zero-order valence-corrected chi connectivity index (χ0v) is 10.3. The minimum Gasteiger partial charge on any atom is -0.444 e. The summed E-state index contributed by atoms with van der Waals surface area (Å²) in [7, 11) is 0. The second-order valence-corrected chi connectivity index (χ2v) is 5.00. The van der Waals surface area contributed by atoms with Gasteiger partial charge in [-0.1, -0.05) is 19.8 Å². The third kappa shape index (κ3) is 7.87. The number of rotatable bonds is 3. The lowest BCUT2D eigenvalue weighted by molar-refractivity contribution is 0.0512. The van der Waals surface area contributed by atoms with Crippen LogP contribution in [-0.2, 0) is 4.74 Å². The molecule has 1 unspecified atom stereocenters. The Labute approximate surface area is 92.6 Å². The predicted octanol–water partition coefficient (Wildman–Crippen LogP) is 2.56. The number of carbonyl (C=O) groups excluding carboxylic acids is 1. The molecule has 0 saturated carbocycles. The molecule has 0 aliphatic heterocycles. The van der Waals surface area contributed by atoms with Gasteiger partial charge in [-0.3, -0.25) is 0 Å². The van der Waals surface area contributed by atoms with Crippen molar-refractivity contribution in [3.63, 3.8) is 0 Å². The van der Waals surface area contributed by atoms with E-state index in [2.05, 4.69) is 25.1 Å². The van der Waals surface area contributed by atoms with Crippen LogP contribution in [0.4, 0.5) is 4.79 Å². The Morgan fingerprint density at radius 2 is 2.00 bits per heavy atom. The molecule has 0 saturated heterocycles. The molecule has 0 aromatic carbocycles. The summed E-state index contributed by atoms with van der Waals surface area (Å²) in [5.74, 6) is 2.98. The molecule has 0 aliphatic carbocycles. The Bertz CT molecular complexity index is 245. The summed E-state index contributed by atoms with van der Waals surface area (Å²) in [6, 6.07) is -0.250. The lowest BCUT2D eigenvalue weighted by atomic mass is 10.0. The van der Waals surface area contributed by atoms with Gasteiger partial charge in [0.2, 0.25) is 0 Å². The maximum absolute atomic E-state index is 11.4. The molecule has 0 aromatic rings. The Morgan fingerprint density at radius 3 is 2.33 bits per heavy atom. The van der Waals surface area contributed by atoms with E-state index in [0.29, 0.717) is 5.92 Å². The molecule has 86 valence electrons. The van der Waals surface area contributed by atoms with Gasteiger partial charge in [0.1, 0.15) is 5.60 Å². The topological polar surface area (TPSA) is 38.3 Å². The third-order valence-corrected chi connectivity index (χ3v) is 1.60. The van der Waals surface area contributed by atoms with Crippen LogP contribution in [0.5, 0.6) is 0 Å². The molecule has 1 amide bonds. The minimum atomic E-state index is -0.485. The molecule has 3 heteroatoms. The SMILES string of the molecule is C#CC(CC(C)C)NC(=O)OC(C)(C)C. The van der Waals surface area contributed by atoms with E-state index in [1.165, 1.54) is 0 Å². The zero-order valence-electron chi connectivity index (χ0n) is 10.3. The number of terminal acetylenes is 1. The highest BCUT2D eigenvalue weighted by Gasteiger charge is 2.18. The largest absolute Gasteiger partial charge is 0.444 e. The molecule has 0 aromatic heterocycles. The molecular formula is C12H21NO2. The van der Waals surface area contributed by atoms with Crippen LogP contribution in [0.2, 0.25) is 0 Å². The average Bonchev–Trinajstić information content (AvgIpc) is 1.98. The summed E-state index contributed by atoms with van der Waals surface area (Å²) >= 11 is 0. The maximum atomic E-state index is 11.4. The summed E-state index contributed by atoms with van der Waals surface area (Å²) in [6.07, 6.45) is 5.62. The van der Waals surface area contributed by atoms with Crippen LogP contribution >= 0.6 is 0 Å². The van der Waals surface area contributed by atoms with Crippen LogP contribution in [-0.4, -0.2) is 17.7 Å². The number of carbonyl (C=O) groups is 1. The fourth-order valence-electron chi connectivity index (χ4n) is 1.09. The van der Waals surface area contributed by atoms with Crippen LogP contribution in [0.3, 0.4) is 0 Å². The van der Waals surface area contributed by atoms with Gasteiger partial charge in [0.25, 0.3) is 0 Å². The molecule has 15 heavy (non-hydrogen) atoms. The summed E-state index contributed by atoms with van der Waals surface area (Å²) in [4.78, 5) is 11.4. The molecule has 0 aliphatic rings. The van der Waals surface area contributed by atoms with E-state index >= 15 is 0 Å². The summed E-state index contributed by atoms with van der Waals surface area (Å²) in [6.45, 7) is 9.57. The Morgan fingerprint density at radius 1 is 1.47 bits per heavy atom. The van der Waals surface area contributed by atoms with Crippen LogP contribution in [0, 0.1) is 18.3 Å². The van der Waals surface area contributed by atoms with Gasteiger partial charge in [0, 0.05) is 0 Å².